The summed E-state index contributed by atoms with van der Waals surface area (Å²) >= 11 is 0. The zero-order valence-electron chi connectivity index (χ0n) is 10.2. The van der Waals surface area contributed by atoms with E-state index in [4.69, 9.17) is 19.7 Å². The summed E-state index contributed by atoms with van der Waals surface area (Å²) in [5.41, 5.74) is 0.211. The van der Waals surface area contributed by atoms with Crippen LogP contribution in [0.5, 0.6) is 0 Å². The molecule has 6 heteroatoms. The second-order valence-corrected chi connectivity index (χ2v) is 3.54. The molecular weight excluding hydrogens is 240 g/mol. The number of ether oxygens (including phenoxy) is 2. The molecule has 0 aliphatic carbocycles. The minimum Gasteiger partial charge on any atom is -0.478 e. The van der Waals surface area contributed by atoms with E-state index in [1.165, 1.54) is 0 Å². The fourth-order valence-electron chi connectivity index (χ4n) is 0.927. The van der Waals surface area contributed by atoms with Crippen LogP contribution in [0.2, 0.25) is 0 Å². The smallest absolute Gasteiger partial charge is 0.331 e. The number of hydrogen-bond acceptors (Lipinski definition) is 4. The summed E-state index contributed by atoms with van der Waals surface area (Å²) in [7, 11) is 0. The molecular formula is C12H18O6. The summed E-state index contributed by atoms with van der Waals surface area (Å²) in [5, 5.41) is 17.0. The van der Waals surface area contributed by atoms with Crippen molar-refractivity contribution in [1.29, 1.82) is 0 Å². The summed E-state index contributed by atoms with van der Waals surface area (Å²) in [4.78, 5) is 20.8. The van der Waals surface area contributed by atoms with Gasteiger partial charge in [-0.15, -0.1) is 0 Å². The van der Waals surface area contributed by atoms with Crippen molar-refractivity contribution in [2.45, 2.75) is 12.8 Å². The van der Waals surface area contributed by atoms with Crippen molar-refractivity contribution >= 4 is 11.9 Å². The zero-order valence-corrected chi connectivity index (χ0v) is 10.2. The summed E-state index contributed by atoms with van der Waals surface area (Å²) < 4.78 is 10.2. The quantitative estimate of drug-likeness (QED) is 0.425. The lowest BCUT2D eigenvalue weighted by Gasteiger charge is -2.05. The molecule has 0 atom stereocenters. The molecule has 0 fully saturated rings. The van der Waals surface area contributed by atoms with Gasteiger partial charge in [0.2, 0.25) is 0 Å². The second kappa shape index (κ2) is 9.38. The van der Waals surface area contributed by atoms with Crippen molar-refractivity contribution in [3.63, 3.8) is 0 Å². The Hall–Kier alpha value is -1.66. The molecule has 0 aliphatic heterocycles. The molecule has 0 unspecified atom stereocenters. The highest BCUT2D eigenvalue weighted by atomic mass is 16.5. The molecule has 0 aliphatic rings. The van der Waals surface area contributed by atoms with E-state index in [-0.39, 0.29) is 37.2 Å². The standard InChI is InChI=1S/C12H18O6/c1-9(11(13)14)3-5-17-7-8-18-6-4-10(2)12(15)16/h1-8H2,(H,13,14)(H,15,16). The Morgan fingerprint density at radius 2 is 1.11 bits per heavy atom. The molecule has 0 aromatic rings. The van der Waals surface area contributed by atoms with Crippen molar-refractivity contribution in [2.75, 3.05) is 26.4 Å². The number of carboxylic acid groups (broad SMARTS) is 2. The predicted octanol–water partition coefficient (Wildman–Crippen LogP) is 1.08. The maximum absolute atomic E-state index is 10.4. The van der Waals surface area contributed by atoms with Gasteiger partial charge < -0.3 is 19.7 Å². The molecule has 0 bridgehead atoms. The van der Waals surface area contributed by atoms with E-state index >= 15 is 0 Å². The summed E-state index contributed by atoms with van der Waals surface area (Å²) in [6, 6.07) is 0. The van der Waals surface area contributed by atoms with E-state index < -0.39 is 11.9 Å². The third kappa shape index (κ3) is 8.49. The molecule has 0 aromatic carbocycles. The Morgan fingerprint density at radius 1 is 0.778 bits per heavy atom. The average Bonchev–Trinajstić information content (AvgIpc) is 2.31. The molecule has 0 aromatic heterocycles. The van der Waals surface area contributed by atoms with Crippen LogP contribution in [0, 0.1) is 0 Å². The first-order valence-corrected chi connectivity index (χ1v) is 5.42. The molecule has 0 spiro atoms. The minimum absolute atomic E-state index is 0.105. The lowest BCUT2D eigenvalue weighted by Crippen LogP contribution is -2.09. The molecule has 102 valence electrons. The fraction of sp³-hybridized carbons (Fsp3) is 0.500. The number of rotatable bonds is 11. The van der Waals surface area contributed by atoms with Crippen LogP contribution in [0.15, 0.2) is 24.3 Å². The van der Waals surface area contributed by atoms with Gasteiger partial charge in [0.25, 0.3) is 0 Å². The summed E-state index contributed by atoms with van der Waals surface area (Å²) in [5.74, 6) is -2.05. The highest BCUT2D eigenvalue weighted by molar-refractivity contribution is 5.86. The molecule has 0 rings (SSSR count). The Bertz CT molecular complexity index is 289. The highest BCUT2D eigenvalue weighted by Crippen LogP contribution is 1.99. The maximum atomic E-state index is 10.4. The van der Waals surface area contributed by atoms with E-state index in [9.17, 15) is 9.59 Å². The SMILES string of the molecule is C=C(CCOCCOCCC(=C)C(=O)O)C(=O)O. The number of aliphatic carboxylic acids is 2. The van der Waals surface area contributed by atoms with E-state index in [2.05, 4.69) is 13.2 Å². The molecule has 0 amide bonds. The topological polar surface area (TPSA) is 93.1 Å². The molecule has 6 nitrogen and oxygen atoms in total. The lowest BCUT2D eigenvalue weighted by atomic mass is 10.2. The van der Waals surface area contributed by atoms with Gasteiger partial charge in [-0.3, -0.25) is 0 Å². The van der Waals surface area contributed by atoms with Crippen molar-refractivity contribution in [1.82, 2.24) is 0 Å². The average molecular weight is 258 g/mol. The molecule has 0 radical (unpaired) electrons. The van der Waals surface area contributed by atoms with Gasteiger partial charge in [-0.2, -0.15) is 0 Å². The third-order valence-corrected chi connectivity index (χ3v) is 2.07. The van der Waals surface area contributed by atoms with Gasteiger partial charge in [0.15, 0.2) is 0 Å². The van der Waals surface area contributed by atoms with Crippen LogP contribution >= 0.6 is 0 Å². The monoisotopic (exact) mass is 258 g/mol. The van der Waals surface area contributed by atoms with Gasteiger partial charge in [0.05, 0.1) is 26.4 Å². The van der Waals surface area contributed by atoms with Crippen molar-refractivity contribution < 1.29 is 29.3 Å². The first-order chi connectivity index (χ1) is 8.45. The second-order valence-electron chi connectivity index (χ2n) is 3.54. The number of carbonyl (C=O) groups is 2. The predicted molar refractivity (Wildman–Crippen MR) is 64.4 cm³/mol. The Morgan fingerprint density at radius 3 is 1.39 bits per heavy atom. The van der Waals surface area contributed by atoms with Gasteiger partial charge >= 0.3 is 11.9 Å². The number of hydrogen-bond donors (Lipinski definition) is 2. The normalized spacial score (nSPS) is 10.0. The van der Waals surface area contributed by atoms with Gasteiger partial charge in [0.1, 0.15) is 0 Å². The molecule has 0 saturated carbocycles. The van der Waals surface area contributed by atoms with Crippen LogP contribution < -0.4 is 0 Å². The van der Waals surface area contributed by atoms with Crippen LogP contribution in [-0.2, 0) is 19.1 Å². The summed E-state index contributed by atoms with van der Waals surface area (Å²) in [6.45, 7) is 7.92. The first kappa shape index (κ1) is 16.3. The molecule has 18 heavy (non-hydrogen) atoms. The van der Waals surface area contributed by atoms with Crippen molar-refractivity contribution in [2.24, 2.45) is 0 Å². The first-order valence-electron chi connectivity index (χ1n) is 5.42. The maximum Gasteiger partial charge on any atom is 0.331 e. The lowest BCUT2D eigenvalue weighted by molar-refractivity contribution is -0.134. The van der Waals surface area contributed by atoms with Crippen LogP contribution in [0.25, 0.3) is 0 Å². The fourth-order valence-corrected chi connectivity index (χ4v) is 0.927. The van der Waals surface area contributed by atoms with Gasteiger partial charge in [-0.05, 0) is 0 Å². The molecule has 2 N–H and O–H groups in total. The van der Waals surface area contributed by atoms with Crippen LogP contribution in [-0.4, -0.2) is 48.6 Å². The van der Waals surface area contributed by atoms with Crippen LogP contribution in [0.3, 0.4) is 0 Å². The Kier molecular flexibility index (Phi) is 8.51. The molecule has 0 saturated heterocycles. The largest absolute Gasteiger partial charge is 0.478 e. The van der Waals surface area contributed by atoms with E-state index in [1.54, 1.807) is 0 Å². The van der Waals surface area contributed by atoms with Gasteiger partial charge in [-0.1, -0.05) is 13.2 Å². The van der Waals surface area contributed by atoms with Crippen molar-refractivity contribution in [3.05, 3.63) is 24.3 Å². The van der Waals surface area contributed by atoms with Crippen LogP contribution in [0.1, 0.15) is 12.8 Å². The zero-order chi connectivity index (χ0) is 14.0. The Labute approximate surface area is 106 Å². The minimum atomic E-state index is -1.03. The Balaban J connectivity index is 3.32. The third-order valence-electron chi connectivity index (χ3n) is 2.07. The summed E-state index contributed by atoms with van der Waals surface area (Å²) in [6.07, 6.45) is 0.538. The van der Waals surface area contributed by atoms with E-state index in [1.807, 2.05) is 0 Å². The van der Waals surface area contributed by atoms with E-state index in [0.29, 0.717) is 13.2 Å². The molecule has 0 heterocycles. The van der Waals surface area contributed by atoms with E-state index in [0.717, 1.165) is 0 Å². The number of carboxylic acids is 2. The van der Waals surface area contributed by atoms with Crippen molar-refractivity contribution in [3.8, 4) is 0 Å². The van der Waals surface area contributed by atoms with Gasteiger partial charge in [0, 0.05) is 24.0 Å². The highest BCUT2D eigenvalue weighted by Gasteiger charge is 2.04. The van der Waals surface area contributed by atoms with Crippen LogP contribution in [0.4, 0.5) is 0 Å². The van der Waals surface area contributed by atoms with Gasteiger partial charge in [-0.25, -0.2) is 9.59 Å².